The Morgan fingerprint density at radius 3 is 2.74 bits per heavy atom. The smallest absolute Gasteiger partial charge is 0.156 e. The molecule has 2 aromatic heterocycles. The highest BCUT2D eigenvalue weighted by Crippen LogP contribution is 2.28. The van der Waals surface area contributed by atoms with Crippen LogP contribution in [0.2, 0.25) is 10.0 Å². The fourth-order valence-electron chi connectivity index (χ4n) is 2.35. The maximum Gasteiger partial charge on any atom is 0.156 e. The highest BCUT2D eigenvalue weighted by molar-refractivity contribution is 6.42. The van der Waals surface area contributed by atoms with Crippen molar-refractivity contribution in [1.29, 1.82) is 0 Å². The number of nitrogens with one attached hydrogen (secondary N) is 2. The SMILES string of the molecule is CNC[C@@H](Nc1ncnc2cccnc12)c1ccc(Cl)c(Cl)c1. The lowest BCUT2D eigenvalue weighted by Gasteiger charge is -2.20. The molecular formula is C16H15Cl2N5. The van der Waals surface area contributed by atoms with Gasteiger partial charge >= 0.3 is 0 Å². The van der Waals surface area contributed by atoms with Crippen molar-refractivity contribution < 1.29 is 0 Å². The van der Waals surface area contributed by atoms with Gasteiger partial charge in [-0.25, -0.2) is 9.97 Å². The van der Waals surface area contributed by atoms with Crippen LogP contribution in [-0.2, 0) is 0 Å². The zero-order chi connectivity index (χ0) is 16.2. The molecule has 2 heterocycles. The van der Waals surface area contributed by atoms with Gasteiger partial charge in [0.1, 0.15) is 11.8 Å². The van der Waals surface area contributed by atoms with E-state index >= 15 is 0 Å². The predicted molar refractivity (Wildman–Crippen MR) is 94.1 cm³/mol. The molecule has 7 heteroatoms. The normalized spacial score (nSPS) is 12.3. The van der Waals surface area contributed by atoms with E-state index in [0.717, 1.165) is 16.6 Å². The molecule has 0 aliphatic heterocycles. The number of aromatic nitrogens is 3. The molecule has 0 aliphatic rings. The van der Waals surface area contributed by atoms with Gasteiger partial charge in [-0.3, -0.25) is 4.98 Å². The zero-order valence-corrected chi connectivity index (χ0v) is 13.9. The summed E-state index contributed by atoms with van der Waals surface area (Å²) >= 11 is 12.1. The average Bonchev–Trinajstić information content (AvgIpc) is 2.57. The summed E-state index contributed by atoms with van der Waals surface area (Å²) in [5.74, 6) is 0.682. The molecule has 3 rings (SSSR count). The van der Waals surface area contributed by atoms with Crippen molar-refractivity contribution in [3.05, 3.63) is 58.5 Å². The number of hydrogen-bond acceptors (Lipinski definition) is 5. The number of halogens is 2. The average molecular weight is 348 g/mol. The molecule has 0 fully saturated rings. The number of benzene rings is 1. The number of fused-ring (bicyclic) bond motifs is 1. The van der Waals surface area contributed by atoms with Crippen LogP contribution < -0.4 is 10.6 Å². The third-order valence-corrected chi connectivity index (χ3v) is 4.20. The van der Waals surface area contributed by atoms with Gasteiger partial charge in [-0.2, -0.15) is 0 Å². The molecule has 0 radical (unpaired) electrons. The Bertz CT molecular complexity index is 819. The fourth-order valence-corrected chi connectivity index (χ4v) is 2.66. The summed E-state index contributed by atoms with van der Waals surface area (Å²) in [5.41, 5.74) is 2.54. The molecule has 0 aliphatic carbocycles. The first kappa shape index (κ1) is 15.9. The van der Waals surface area contributed by atoms with Crippen molar-refractivity contribution in [2.45, 2.75) is 6.04 Å². The second-order valence-electron chi connectivity index (χ2n) is 5.02. The summed E-state index contributed by atoms with van der Waals surface area (Å²) in [4.78, 5) is 12.9. The van der Waals surface area contributed by atoms with E-state index in [0.29, 0.717) is 22.4 Å². The molecule has 1 aromatic carbocycles. The summed E-state index contributed by atoms with van der Waals surface area (Å²) in [6, 6.07) is 9.31. The maximum atomic E-state index is 6.14. The summed E-state index contributed by atoms with van der Waals surface area (Å²) in [7, 11) is 1.89. The van der Waals surface area contributed by atoms with E-state index in [4.69, 9.17) is 23.2 Å². The van der Waals surface area contributed by atoms with Crippen LogP contribution >= 0.6 is 23.2 Å². The van der Waals surface area contributed by atoms with Gasteiger partial charge in [0.15, 0.2) is 5.82 Å². The van der Waals surface area contributed by atoms with Crippen LogP contribution in [-0.4, -0.2) is 28.5 Å². The number of hydrogen-bond donors (Lipinski definition) is 2. The van der Waals surface area contributed by atoms with Crippen molar-refractivity contribution >= 4 is 40.1 Å². The Hall–Kier alpha value is -1.95. The van der Waals surface area contributed by atoms with Crippen LogP contribution in [0.5, 0.6) is 0 Å². The molecule has 118 valence electrons. The molecule has 0 saturated carbocycles. The van der Waals surface area contributed by atoms with E-state index in [1.54, 1.807) is 12.3 Å². The van der Waals surface area contributed by atoms with Gasteiger partial charge in [-0.05, 0) is 36.9 Å². The molecule has 0 bridgehead atoms. The topological polar surface area (TPSA) is 62.7 Å². The minimum Gasteiger partial charge on any atom is -0.360 e. The van der Waals surface area contributed by atoms with Crippen molar-refractivity contribution in [3.8, 4) is 0 Å². The third-order valence-electron chi connectivity index (χ3n) is 3.46. The summed E-state index contributed by atoms with van der Waals surface area (Å²) in [6.07, 6.45) is 3.25. The standard InChI is InChI=1S/C16H15Cl2N5/c1-19-8-14(10-4-5-11(17)12(18)7-10)23-16-15-13(21-9-22-16)3-2-6-20-15/h2-7,9,14,19H,8H2,1H3,(H,21,22,23)/t14-/m1/s1. The Labute approximate surface area is 144 Å². The highest BCUT2D eigenvalue weighted by atomic mass is 35.5. The van der Waals surface area contributed by atoms with Gasteiger partial charge in [0, 0.05) is 12.7 Å². The fraction of sp³-hybridized carbons (Fsp3) is 0.188. The lowest BCUT2D eigenvalue weighted by Crippen LogP contribution is -2.24. The number of anilines is 1. The minimum atomic E-state index is -0.0325. The monoisotopic (exact) mass is 347 g/mol. The van der Waals surface area contributed by atoms with Crippen LogP contribution in [0.15, 0.2) is 42.9 Å². The number of likely N-dealkylation sites (N-methyl/N-ethyl adjacent to an activating group) is 1. The molecule has 0 amide bonds. The summed E-state index contributed by atoms with van der Waals surface area (Å²) in [6.45, 7) is 0.691. The van der Waals surface area contributed by atoms with E-state index in [-0.39, 0.29) is 6.04 Å². The molecule has 23 heavy (non-hydrogen) atoms. The molecule has 5 nitrogen and oxygen atoms in total. The van der Waals surface area contributed by atoms with E-state index in [1.165, 1.54) is 6.33 Å². The second kappa shape index (κ2) is 7.08. The Morgan fingerprint density at radius 1 is 1.09 bits per heavy atom. The summed E-state index contributed by atoms with van der Waals surface area (Å²) < 4.78 is 0. The highest BCUT2D eigenvalue weighted by Gasteiger charge is 2.15. The van der Waals surface area contributed by atoms with Crippen LogP contribution in [0.4, 0.5) is 5.82 Å². The van der Waals surface area contributed by atoms with Crippen LogP contribution in [0.25, 0.3) is 11.0 Å². The Balaban J connectivity index is 1.96. The second-order valence-corrected chi connectivity index (χ2v) is 5.84. The van der Waals surface area contributed by atoms with Crippen LogP contribution in [0.3, 0.4) is 0 Å². The summed E-state index contributed by atoms with van der Waals surface area (Å²) in [5, 5.41) is 7.64. The zero-order valence-electron chi connectivity index (χ0n) is 12.4. The molecule has 0 unspecified atom stereocenters. The van der Waals surface area contributed by atoms with E-state index in [2.05, 4.69) is 25.6 Å². The number of rotatable bonds is 5. The Kier molecular flexibility index (Phi) is 4.91. The quantitative estimate of drug-likeness (QED) is 0.736. The van der Waals surface area contributed by atoms with Gasteiger partial charge in [0.25, 0.3) is 0 Å². The third kappa shape index (κ3) is 3.52. The molecule has 0 saturated heterocycles. The number of nitrogens with zero attached hydrogens (tertiary/aromatic N) is 3. The van der Waals surface area contributed by atoms with Crippen molar-refractivity contribution in [3.63, 3.8) is 0 Å². The van der Waals surface area contributed by atoms with Crippen molar-refractivity contribution in [2.24, 2.45) is 0 Å². The van der Waals surface area contributed by atoms with E-state index in [9.17, 15) is 0 Å². The van der Waals surface area contributed by atoms with Gasteiger partial charge in [-0.1, -0.05) is 29.3 Å². The first-order valence-electron chi connectivity index (χ1n) is 7.11. The largest absolute Gasteiger partial charge is 0.360 e. The van der Waals surface area contributed by atoms with Gasteiger partial charge in [0.2, 0.25) is 0 Å². The molecule has 3 aromatic rings. The number of pyridine rings is 1. The first-order valence-corrected chi connectivity index (χ1v) is 7.86. The predicted octanol–water partition coefficient (Wildman–Crippen LogP) is 3.70. The van der Waals surface area contributed by atoms with Crippen molar-refractivity contribution in [1.82, 2.24) is 20.3 Å². The Morgan fingerprint density at radius 2 is 1.96 bits per heavy atom. The lowest BCUT2D eigenvalue weighted by atomic mass is 10.1. The maximum absolute atomic E-state index is 6.14. The molecule has 2 N–H and O–H groups in total. The first-order chi connectivity index (χ1) is 11.2. The van der Waals surface area contributed by atoms with Gasteiger partial charge in [0.05, 0.1) is 21.6 Å². The van der Waals surface area contributed by atoms with Gasteiger partial charge in [-0.15, -0.1) is 0 Å². The van der Waals surface area contributed by atoms with Crippen LogP contribution in [0.1, 0.15) is 11.6 Å². The molecular weight excluding hydrogens is 333 g/mol. The lowest BCUT2D eigenvalue weighted by molar-refractivity contribution is 0.687. The minimum absolute atomic E-state index is 0.0325. The van der Waals surface area contributed by atoms with Gasteiger partial charge < -0.3 is 10.6 Å². The molecule has 0 spiro atoms. The van der Waals surface area contributed by atoms with E-state index in [1.807, 2.05) is 31.3 Å². The molecule has 1 atom stereocenters. The van der Waals surface area contributed by atoms with E-state index < -0.39 is 0 Å². The van der Waals surface area contributed by atoms with Crippen LogP contribution in [0, 0.1) is 0 Å². The van der Waals surface area contributed by atoms with Crippen molar-refractivity contribution in [2.75, 3.05) is 18.9 Å².